The van der Waals surface area contributed by atoms with Crippen LogP contribution in [0.4, 0.5) is 4.79 Å². The molecule has 0 amide bonds. The number of aliphatic hydroxyl groups is 2. The Balaban J connectivity index is 1.84. The van der Waals surface area contributed by atoms with Gasteiger partial charge in [-0.2, -0.15) is 4.98 Å². The van der Waals surface area contributed by atoms with Gasteiger partial charge in [-0.05, 0) is 53.9 Å². The highest BCUT2D eigenvalue weighted by Crippen LogP contribution is 2.47. The molecule has 0 radical (unpaired) electrons. The lowest BCUT2D eigenvalue weighted by Crippen LogP contribution is -2.44. The molecule has 1 aliphatic heterocycles. The summed E-state index contributed by atoms with van der Waals surface area (Å²) in [7, 11) is -3.06. The summed E-state index contributed by atoms with van der Waals surface area (Å²) in [5.41, 5.74) is -1.32. The fraction of sp³-hybridized carbons (Fsp3) is 0.741. The summed E-state index contributed by atoms with van der Waals surface area (Å²) in [6.45, 7) is 11.8. The van der Waals surface area contributed by atoms with Crippen LogP contribution in [0.25, 0.3) is 11.2 Å². The summed E-state index contributed by atoms with van der Waals surface area (Å²) in [5, 5.41) is 25.0. The number of carbonyl (C=O) groups excluding carboxylic acids is 2. The molecule has 3 rings (SSSR count). The largest absolute Gasteiger partial charge is 0.510 e. The van der Waals surface area contributed by atoms with E-state index in [9.17, 15) is 24.4 Å². The standard InChI is InChI=1S/C27H44N5O12P/c1-14(2)10-18(24(34)42-15(3)4)31-45(37,41-13-39-26(35)43-16(5)6)40-11-19-21(33)27(8,36)25(44-19)32-12-28-20-22(32)29-17(7)30-23(20)38-9/h12,14-16,18-19,21,25,33,36H,10-11,13H2,1-9H3,(H,31,37)/t18-,19+,21+,25+,27+,45?/m0/s1. The topological polar surface area (TPSA) is 212 Å². The van der Waals surface area contributed by atoms with Crippen molar-refractivity contribution in [1.82, 2.24) is 24.6 Å². The number of aromatic nitrogens is 4. The Bertz CT molecular complexity index is 1370. The van der Waals surface area contributed by atoms with Crippen molar-refractivity contribution in [1.29, 1.82) is 0 Å². The number of methoxy groups -OCH3 is 1. The van der Waals surface area contributed by atoms with Crippen molar-refractivity contribution in [3.8, 4) is 5.88 Å². The number of imidazole rings is 1. The van der Waals surface area contributed by atoms with Crippen molar-refractivity contribution in [3.63, 3.8) is 0 Å². The smallest absolute Gasteiger partial charge is 0.479 e. The molecule has 254 valence electrons. The lowest BCUT2D eigenvalue weighted by molar-refractivity contribution is -0.150. The average molecular weight is 662 g/mol. The van der Waals surface area contributed by atoms with Gasteiger partial charge in [-0.25, -0.2) is 24.4 Å². The van der Waals surface area contributed by atoms with Crippen LogP contribution in [0.15, 0.2) is 6.33 Å². The minimum absolute atomic E-state index is 0.0418. The first-order valence-electron chi connectivity index (χ1n) is 14.5. The highest BCUT2D eigenvalue weighted by atomic mass is 31.2. The lowest BCUT2D eigenvalue weighted by Gasteiger charge is -2.28. The highest BCUT2D eigenvalue weighted by molar-refractivity contribution is 7.51. The fourth-order valence-electron chi connectivity index (χ4n) is 4.52. The minimum atomic E-state index is -4.49. The molecule has 6 atom stereocenters. The number of carbonyl (C=O) groups is 2. The van der Waals surface area contributed by atoms with Crippen LogP contribution in [0.1, 0.15) is 66.9 Å². The molecule has 2 aromatic heterocycles. The summed E-state index contributed by atoms with van der Waals surface area (Å²) in [4.78, 5) is 37.6. The maximum Gasteiger partial charge on any atom is 0.510 e. The predicted molar refractivity (Wildman–Crippen MR) is 157 cm³/mol. The molecule has 18 heteroatoms. The quantitative estimate of drug-likeness (QED) is 0.142. The third kappa shape index (κ3) is 9.31. The van der Waals surface area contributed by atoms with Gasteiger partial charge in [0.05, 0.1) is 32.3 Å². The van der Waals surface area contributed by atoms with E-state index >= 15 is 0 Å². The molecule has 0 aliphatic carbocycles. The van der Waals surface area contributed by atoms with Crippen molar-refractivity contribution in [2.24, 2.45) is 5.92 Å². The van der Waals surface area contributed by atoms with Crippen LogP contribution in [0.3, 0.4) is 0 Å². The Kier molecular flexibility index (Phi) is 12.3. The van der Waals surface area contributed by atoms with Crippen molar-refractivity contribution in [2.75, 3.05) is 20.5 Å². The molecule has 2 aromatic rings. The van der Waals surface area contributed by atoms with Gasteiger partial charge in [0.15, 0.2) is 17.4 Å². The Morgan fingerprint density at radius 2 is 1.80 bits per heavy atom. The van der Waals surface area contributed by atoms with Crippen LogP contribution >= 0.6 is 7.75 Å². The van der Waals surface area contributed by atoms with Gasteiger partial charge in [-0.3, -0.25) is 18.4 Å². The summed E-state index contributed by atoms with van der Waals surface area (Å²) in [6.07, 6.45) is -4.51. The molecule has 1 aliphatic rings. The summed E-state index contributed by atoms with van der Waals surface area (Å²) in [6, 6.07) is -1.14. The van der Waals surface area contributed by atoms with Gasteiger partial charge in [0.25, 0.3) is 0 Å². The molecule has 0 saturated carbocycles. The van der Waals surface area contributed by atoms with Gasteiger partial charge in [0.1, 0.15) is 29.7 Å². The number of rotatable bonds is 15. The minimum Gasteiger partial charge on any atom is -0.479 e. The number of ether oxygens (including phenoxy) is 5. The first-order chi connectivity index (χ1) is 21.0. The zero-order chi connectivity index (χ0) is 33.7. The van der Waals surface area contributed by atoms with Gasteiger partial charge < -0.3 is 33.9 Å². The molecule has 1 unspecified atom stereocenters. The normalized spacial score (nSPS) is 23.8. The number of nitrogens with one attached hydrogen (secondary N) is 1. The van der Waals surface area contributed by atoms with E-state index in [1.807, 2.05) is 13.8 Å². The van der Waals surface area contributed by atoms with E-state index in [2.05, 4.69) is 20.0 Å². The summed E-state index contributed by atoms with van der Waals surface area (Å²) >= 11 is 0. The van der Waals surface area contributed by atoms with Crippen LogP contribution in [0.5, 0.6) is 5.88 Å². The Morgan fingerprint density at radius 1 is 1.13 bits per heavy atom. The van der Waals surface area contributed by atoms with E-state index in [0.29, 0.717) is 11.3 Å². The van der Waals surface area contributed by atoms with Crippen LogP contribution in [-0.2, 0) is 37.4 Å². The maximum absolute atomic E-state index is 14.0. The monoisotopic (exact) mass is 661 g/mol. The summed E-state index contributed by atoms with van der Waals surface area (Å²) < 4.78 is 52.7. The van der Waals surface area contributed by atoms with E-state index in [1.165, 1.54) is 24.9 Å². The fourth-order valence-corrected chi connectivity index (χ4v) is 5.87. The van der Waals surface area contributed by atoms with E-state index in [4.69, 9.17) is 32.7 Å². The van der Waals surface area contributed by atoms with Gasteiger partial charge in [0, 0.05) is 0 Å². The van der Waals surface area contributed by atoms with E-state index < -0.39 is 75.6 Å². The van der Waals surface area contributed by atoms with Crippen LogP contribution < -0.4 is 9.82 Å². The summed E-state index contributed by atoms with van der Waals surface area (Å²) in [5.74, 6) is -0.161. The molecule has 1 saturated heterocycles. The number of aliphatic hydroxyl groups excluding tert-OH is 1. The lowest BCUT2D eigenvalue weighted by atomic mass is 9.96. The van der Waals surface area contributed by atoms with Crippen molar-refractivity contribution < 1.29 is 57.1 Å². The third-order valence-electron chi connectivity index (χ3n) is 6.50. The van der Waals surface area contributed by atoms with E-state index in [0.717, 1.165) is 0 Å². The third-order valence-corrected chi connectivity index (χ3v) is 8.06. The number of fused-ring (bicyclic) bond motifs is 1. The number of nitrogens with zero attached hydrogens (tertiary/aromatic N) is 4. The zero-order valence-electron chi connectivity index (χ0n) is 27.0. The molecule has 0 aromatic carbocycles. The first kappa shape index (κ1) is 36.5. The maximum atomic E-state index is 14.0. The molecule has 3 N–H and O–H groups in total. The van der Waals surface area contributed by atoms with Crippen LogP contribution in [-0.4, -0.2) is 98.4 Å². The Morgan fingerprint density at radius 3 is 2.40 bits per heavy atom. The average Bonchev–Trinajstić information content (AvgIpc) is 3.43. The molecule has 17 nitrogen and oxygen atoms in total. The zero-order valence-corrected chi connectivity index (χ0v) is 27.8. The molecule has 0 spiro atoms. The highest BCUT2D eigenvalue weighted by Gasteiger charge is 2.54. The van der Waals surface area contributed by atoms with Crippen LogP contribution in [0.2, 0.25) is 0 Å². The number of hydrogen-bond acceptors (Lipinski definition) is 15. The molecular formula is C27H44N5O12P. The van der Waals surface area contributed by atoms with E-state index in [1.54, 1.807) is 34.6 Å². The van der Waals surface area contributed by atoms with Crippen molar-refractivity contribution in [3.05, 3.63) is 12.2 Å². The Hall–Kier alpha value is -2.92. The van der Waals surface area contributed by atoms with E-state index in [-0.39, 0.29) is 23.9 Å². The Labute approximate surface area is 261 Å². The number of esters is 1. The molecule has 3 heterocycles. The van der Waals surface area contributed by atoms with Crippen molar-refractivity contribution >= 4 is 31.0 Å². The second-order valence-electron chi connectivity index (χ2n) is 11.7. The molecular weight excluding hydrogens is 617 g/mol. The van der Waals surface area contributed by atoms with Gasteiger partial charge in [0.2, 0.25) is 12.7 Å². The van der Waals surface area contributed by atoms with Gasteiger partial charge in [-0.15, -0.1) is 0 Å². The second kappa shape index (κ2) is 15.1. The second-order valence-corrected chi connectivity index (χ2v) is 13.5. The van der Waals surface area contributed by atoms with Gasteiger partial charge in [-0.1, -0.05) is 13.8 Å². The van der Waals surface area contributed by atoms with Crippen LogP contribution in [0, 0.1) is 12.8 Å². The predicted octanol–water partition coefficient (Wildman–Crippen LogP) is 2.77. The van der Waals surface area contributed by atoms with Gasteiger partial charge >= 0.3 is 19.9 Å². The number of aryl methyl sites for hydroxylation is 1. The molecule has 1 fully saturated rings. The molecule has 45 heavy (non-hydrogen) atoms. The SMILES string of the molecule is COc1nc(C)nc2c1ncn2[C@@H]1O[C@H](COP(=O)(N[C@@H](CC(C)C)C(=O)OC(C)C)OCOC(=O)OC(C)C)[C@@H](O)[C@@]1(C)O. The number of hydrogen-bond donors (Lipinski definition) is 3. The van der Waals surface area contributed by atoms with Crippen molar-refractivity contribution in [2.45, 2.75) is 104 Å². The first-order valence-corrected chi connectivity index (χ1v) is 16.0. The molecule has 0 bridgehead atoms.